The van der Waals surface area contributed by atoms with Crippen molar-refractivity contribution in [2.24, 2.45) is 5.41 Å². The fraction of sp³-hybridized carbons (Fsp3) is 0.625. The zero-order chi connectivity index (χ0) is 15.7. The third-order valence-electron chi connectivity index (χ3n) is 3.74. The van der Waals surface area contributed by atoms with Gasteiger partial charge in [-0.1, -0.05) is 32.9 Å². The van der Waals surface area contributed by atoms with E-state index in [1.54, 1.807) is 4.31 Å². The molecule has 0 radical (unpaired) electrons. The van der Waals surface area contributed by atoms with Crippen molar-refractivity contribution in [1.82, 2.24) is 4.31 Å². The number of nitrogens with two attached hydrogens (primary N) is 1. The number of benzene rings is 1. The molecule has 0 bridgehead atoms. The Balaban J connectivity index is 2.09. The molecule has 5 heteroatoms. The Hall–Kier alpha value is -1.07. The van der Waals surface area contributed by atoms with E-state index in [9.17, 15) is 8.42 Å². The summed E-state index contributed by atoms with van der Waals surface area (Å²) in [7, 11) is -3.20. The predicted octanol–water partition coefficient (Wildman–Crippen LogP) is 3.00. The van der Waals surface area contributed by atoms with E-state index in [4.69, 9.17) is 5.73 Å². The molecule has 2 N–H and O–H groups in total. The van der Waals surface area contributed by atoms with Gasteiger partial charge in [0.25, 0.3) is 0 Å². The topological polar surface area (TPSA) is 63.4 Å². The lowest BCUT2D eigenvalue weighted by Crippen LogP contribution is -2.35. The Kier molecular flexibility index (Phi) is 4.63. The van der Waals surface area contributed by atoms with Crippen molar-refractivity contribution in [1.29, 1.82) is 0 Å². The van der Waals surface area contributed by atoms with Crippen LogP contribution < -0.4 is 5.73 Å². The molecular formula is C16H26N2O2S. The van der Waals surface area contributed by atoms with E-state index in [2.05, 4.69) is 20.8 Å². The van der Waals surface area contributed by atoms with E-state index in [0.29, 0.717) is 18.7 Å². The molecule has 1 aromatic rings. The summed E-state index contributed by atoms with van der Waals surface area (Å²) in [5.41, 5.74) is 7.41. The van der Waals surface area contributed by atoms with Gasteiger partial charge in [-0.15, -0.1) is 0 Å². The van der Waals surface area contributed by atoms with Crippen molar-refractivity contribution in [2.75, 3.05) is 11.5 Å². The molecule has 0 unspecified atom stereocenters. The van der Waals surface area contributed by atoms with Gasteiger partial charge in [0.05, 0.1) is 5.75 Å². The number of hydrogen-bond acceptors (Lipinski definition) is 3. The number of rotatable bonds is 6. The smallest absolute Gasteiger partial charge is 0.214 e. The van der Waals surface area contributed by atoms with Crippen molar-refractivity contribution in [3.05, 3.63) is 29.8 Å². The van der Waals surface area contributed by atoms with Crippen molar-refractivity contribution in [3.8, 4) is 0 Å². The van der Waals surface area contributed by atoms with E-state index in [1.807, 2.05) is 24.3 Å². The Morgan fingerprint density at radius 1 is 1.19 bits per heavy atom. The number of nitrogen functional groups attached to an aromatic ring is 1. The highest BCUT2D eigenvalue weighted by molar-refractivity contribution is 7.89. The molecule has 1 fully saturated rings. The summed E-state index contributed by atoms with van der Waals surface area (Å²) < 4.78 is 26.9. The van der Waals surface area contributed by atoms with E-state index < -0.39 is 10.0 Å². The van der Waals surface area contributed by atoms with Gasteiger partial charge in [0, 0.05) is 18.3 Å². The maximum atomic E-state index is 12.6. The lowest BCUT2D eigenvalue weighted by Gasteiger charge is -2.25. The highest BCUT2D eigenvalue weighted by Gasteiger charge is 2.37. The summed E-state index contributed by atoms with van der Waals surface area (Å²) in [6, 6.07) is 7.64. The minimum atomic E-state index is -3.20. The fourth-order valence-corrected chi connectivity index (χ4v) is 4.29. The first-order valence-electron chi connectivity index (χ1n) is 7.51. The lowest BCUT2D eigenvalue weighted by atomic mass is 9.94. The average Bonchev–Trinajstić information content (AvgIpc) is 3.19. The second-order valence-electron chi connectivity index (χ2n) is 7.14. The SMILES string of the molecule is CC(C)(C)CCS(=O)(=O)N(Cc1ccc(N)cc1)C1CC1. The van der Waals surface area contributed by atoms with Crippen molar-refractivity contribution < 1.29 is 8.42 Å². The minimum absolute atomic E-state index is 0.0312. The number of nitrogens with zero attached hydrogens (tertiary/aromatic N) is 1. The molecule has 0 saturated heterocycles. The molecule has 0 spiro atoms. The van der Waals surface area contributed by atoms with Crippen LogP contribution >= 0.6 is 0 Å². The van der Waals surface area contributed by atoms with Gasteiger partial charge in [-0.2, -0.15) is 4.31 Å². The summed E-state index contributed by atoms with van der Waals surface area (Å²) in [6.07, 6.45) is 2.63. The van der Waals surface area contributed by atoms with E-state index in [1.165, 1.54) is 0 Å². The summed E-state index contributed by atoms with van der Waals surface area (Å²) in [5, 5.41) is 0. The van der Waals surface area contributed by atoms with Crippen LogP contribution in [0.5, 0.6) is 0 Å². The van der Waals surface area contributed by atoms with Crippen LogP contribution in [-0.4, -0.2) is 24.5 Å². The molecule has 21 heavy (non-hydrogen) atoms. The Morgan fingerprint density at radius 3 is 2.24 bits per heavy atom. The second-order valence-corrected chi connectivity index (χ2v) is 9.19. The molecule has 118 valence electrons. The highest BCUT2D eigenvalue weighted by Crippen LogP contribution is 2.32. The van der Waals surface area contributed by atoms with Gasteiger partial charge in [-0.05, 0) is 42.4 Å². The summed E-state index contributed by atoms with van der Waals surface area (Å²) >= 11 is 0. The van der Waals surface area contributed by atoms with Crippen molar-refractivity contribution >= 4 is 15.7 Å². The van der Waals surface area contributed by atoms with Crippen LogP contribution in [0.4, 0.5) is 5.69 Å². The van der Waals surface area contributed by atoms with Gasteiger partial charge in [-0.3, -0.25) is 0 Å². The molecule has 4 nitrogen and oxygen atoms in total. The van der Waals surface area contributed by atoms with Crippen LogP contribution in [0, 0.1) is 5.41 Å². The third kappa shape index (κ3) is 5.00. The van der Waals surface area contributed by atoms with Gasteiger partial charge in [0.15, 0.2) is 0 Å². The predicted molar refractivity (Wildman–Crippen MR) is 87.3 cm³/mol. The Bertz CT molecular complexity index is 569. The van der Waals surface area contributed by atoms with Crippen LogP contribution in [0.3, 0.4) is 0 Å². The van der Waals surface area contributed by atoms with Crippen molar-refractivity contribution in [2.45, 2.75) is 52.6 Å². The summed E-state index contributed by atoms with van der Waals surface area (Å²) in [5.74, 6) is 0.224. The molecule has 0 atom stereocenters. The standard InChI is InChI=1S/C16H26N2O2S/c1-16(2,3)10-11-21(19,20)18(15-8-9-15)12-13-4-6-14(17)7-5-13/h4-7,15H,8-12,17H2,1-3H3. The zero-order valence-electron chi connectivity index (χ0n) is 13.2. The van der Waals surface area contributed by atoms with Gasteiger partial charge < -0.3 is 5.73 Å². The monoisotopic (exact) mass is 310 g/mol. The van der Waals surface area contributed by atoms with E-state index >= 15 is 0 Å². The van der Waals surface area contributed by atoms with Crippen LogP contribution in [0.25, 0.3) is 0 Å². The maximum absolute atomic E-state index is 12.6. The molecule has 0 heterocycles. The molecular weight excluding hydrogens is 284 g/mol. The highest BCUT2D eigenvalue weighted by atomic mass is 32.2. The molecule has 1 aliphatic carbocycles. The number of anilines is 1. The van der Waals surface area contributed by atoms with Crippen LogP contribution in [0.15, 0.2) is 24.3 Å². The van der Waals surface area contributed by atoms with Crippen molar-refractivity contribution in [3.63, 3.8) is 0 Å². The fourth-order valence-electron chi connectivity index (χ4n) is 2.17. The minimum Gasteiger partial charge on any atom is -0.399 e. The summed E-state index contributed by atoms with van der Waals surface area (Å²) in [4.78, 5) is 0. The van der Waals surface area contributed by atoms with Gasteiger partial charge in [-0.25, -0.2) is 8.42 Å². The van der Waals surface area contributed by atoms with Gasteiger partial charge in [0.1, 0.15) is 0 Å². The average molecular weight is 310 g/mol. The van der Waals surface area contributed by atoms with Gasteiger partial charge >= 0.3 is 0 Å². The molecule has 1 saturated carbocycles. The van der Waals surface area contributed by atoms with E-state index in [0.717, 1.165) is 18.4 Å². The molecule has 0 aromatic heterocycles. The largest absolute Gasteiger partial charge is 0.399 e. The maximum Gasteiger partial charge on any atom is 0.214 e. The third-order valence-corrected chi connectivity index (χ3v) is 5.60. The Morgan fingerprint density at radius 2 is 1.76 bits per heavy atom. The number of hydrogen-bond donors (Lipinski definition) is 1. The first kappa shape index (κ1) is 16.3. The van der Waals surface area contributed by atoms with E-state index in [-0.39, 0.29) is 17.2 Å². The van der Waals surface area contributed by atoms with Crippen LogP contribution in [0.2, 0.25) is 0 Å². The first-order valence-corrected chi connectivity index (χ1v) is 9.12. The molecule has 2 rings (SSSR count). The normalized spacial score (nSPS) is 16.4. The first-order chi connectivity index (χ1) is 9.67. The molecule has 1 aromatic carbocycles. The molecule has 0 amide bonds. The molecule has 1 aliphatic rings. The Labute approximate surface area is 128 Å². The number of sulfonamides is 1. The van der Waals surface area contributed by atoms with Gasteiger partial charge in [0.2, 0.25) is 10.0 Å². The lowest BCUT2D eigenvalue weighted by molar-refractivity contribution is 0.371. The summed E-state index contributed by atoms with van der Waals surface area (Å²) in [6.45, 7) is 6.68. The molecule has 0 aliphatic heterocycles. The second kappa shape index (κ2) is 5.97. The zero-order valence-corrected chi connectivity index (χ0v) is 14.0. The quantitative estimate of drug-likeness (QED) is 0.822. The van der Waals surface area contributed by atoms with Crippen LogP contribution in [-0.2, 0) is 16.6 Å². The van der Waals surface area contributed by atoms with Crippen LogP contribution in [0.1, 0.15) is 45.6 Å².